The number of nitrogen functional groups attached to an aromatic ring is 1. The zero-order chi connectivity index (χ0) is 13.6. The van der Waals surface area contributed by atoms with E-state index in [0.717, 1.165) is 17.5 Å². The number of nitrogens with one attached hydrogen (secondary N) is 1. The molecule has 1 amide bonds. The summed E-state index contributed by atoms with van der Waals surface area (Å²) in [5.74, 6) is -0.498. The highest BCUT2D eigenvalue weighted by molar-refractivity contribution is 7.21. The first-order valence-corrected chi connectivity index (χ1v) is 7.06. The van der Waals surface area contributed by atoms with E-state index in [1.54, 1.807) is 6.07 Å². The van der Waals surface area contributed by atoms with Crippen LogP contribution in [0, 0.1) is 11.2 Å². The van der Waals surface area contributed by atoms with Gasteiger partial charge >= 0.3 is 0 Å². The third-order valence-corrected chi connectivity index (χ3v) is 4.86. The largest absolute Gasteiger partial charge is 0.397 e. The Morgan fingerprint density at radius 3 is 2.95 bits per heavy atom. The van der Waals surface area contributed by atoms with Gasteiger partial charge in [0.05, 0.1) is 5.69 Å². The van der Waals surface area contributed by atoms with Crippen LogP contribution >= 0.6 is 11.3 Å². The third-order valence-electron chi connectivity index (χ3n) is 3.67. The Balaban J connectivity index is 1.87. The van der Waals surface area contributed by atoms with Crippen molar-refractivity contribution >= 4 is 33.0 Å². The number of anilines is 1. The van der Waals surface area contributed by atoms with Crippen molar-refractivity contribution in [1.29, 1.82) is 0 Å². The summed E-state index contributed by atoms with van der Waals surface area (Å²) in [6.45, 7) is 2.82. The predicted octanol–water partition coefficient (Wildman–Crippen LogP) is 3.15. The summed E-state index contributed by atoms with van der Waals surface area (Å²) in [7, 11) is 0. The summed E-state index contributed by atoms with van der Waals surface area (Å²) < 4.78 is 14.0. The molecule has 0 bridgehead atoms. The molecule has 1 heterocycles. The van der Waals surface area contributed by atoms with Gasteiger partial charge in [0.25, 0.3) is 5.91 Å². The number of hydrogen-bond acceptors (Lipinski definition) is 3. The van der Waals surface area contributed by atoms with Crippen molar-refractivity contribution in [2.45, 2.75) is 19.8 Å². The Labute approximate surface area is 114 Å². The molecule has 0 aliphatic heterocycles. The summed E-state index contributed by atoms with van der Waals surface area (Å²) >= 11 is 1.31. The van der Waals surface area contributed by atoms with Crippen LogP contribution in [0.4, 0.5) is 10.1 Å². The number of amides is 1. The Hall–Kier alpha value is -1.62. The van der Waals surface area contributed by atoms with Gasteiger partial charge in [0, 0.05) is 16.6 Å². The third kappa shape index (κ3) is 2.30. The molecule has 0 radical (unpaired) electrons. The van der Waals surface area contributed by atoms with Gasteiger partial charge in [-0.1, -0.05) is 6.92 Å². The number of halogens is 1. The van der Waals surface area contributed by atoms with Gasteiger partial charge < -0.3 is 11.1 Å². The van der Waals surface area contributed by atoms with Crippen LogP contribution in [-0.2, 0) is 0 Å². The zero-order valence-corrected chi connectivity index (χ0v) is 11.4. The molecule has 1 aromatic carbocycles. The topological polar surface area (TPSA) is 55.1 Å². The Morgan fingerprint density at radius 2 is 2.26 bits per heavy atom. The van der Waals surface area contributed by atoms with Crippen molar-refractivity contribution in [3.8, 4) is 0 Å². The Bertz CT molecular complexity index is 661. The van der Waals surface area contributed by atoms with Crippen LogP contribution in [0.2, 0.25) is 0 Å². The molecule has 2 aromatic rings. The fourth-order valence-electron chi connectivity index (χ4n) is 2.02. The van der Waals surface area contributed by atoms with Gasteiger partial charge in [0.15, 0.2) is 0 Å². The molecule has 1 saturated carbocycles. The maximum atomic E-state index is 13.2. The molecule has 5 heteroatoms. The summed E-state index contributed by atoms with van der Waals surface area (Å²) in [6, 6.07) is 4.41. The summed E-state index contributed by atoms with van der Waals surface area (Å²) in [6.07, 6.45) is 2.31. The SMILES string of the molecule is CC1(CNC(=O)c2sc3ccc(F)cc3c2N)CC1. The van der Waals surface area contributed by atoms with Gasteiger partial charge in [-0.05, 0) is 36.5 Å². The fourth-order valence-corrected chi connectivity index (χ4v) is 3.04. The van der Waals surface area contributed by atoms with Crippen molar-refractivity contribution < 1.29 is 9.18 Å². The second kappa shape index (κ2) is 4.20. The minimum absolute atomic E-state index is 0.160. The van der Waals surface area contributed by atoms with Crippen LogP contribution in [0.5, 0.6) is 0 Å². The van der Waals surface area contributed by atoms with Gasteiger partial charge in [0.2, 0.25) is 0 Å². The molecule has 0 saturated heterocycles. The normalized spacial score (nSPS) is 16.5. The average molecular weight is 278 g/mol. The minimum atomic E-state index is -0.338. The highest BCUT2D eigenvalue weighted by Gasteiger charge is 2.37. The van der Waals surface area contributed by atoms with E-state index in [2.05, 4.69) is 12.2 Å². The maximum Gasteiger partial charge on any atom is 0.263 e. The van der Waals surface area contributed by atoms with Crippen LogP contribution in [-0.4, -0.2) is 12.5 Å². The van der Waals surface area contributed by atoms with Crippen LogP contribution < -0.4 is 11.1 Å². The summed E-state index contributed by atoms with van der Waals surface area (Å²) in [5.41, 5.74) is 6.58. The number of thiophene rings is 1. The molecule has 0 spiro atoms. The summed E-state index contributed by atoms with van der Waals surface area (Å²) in [4.78, 5) is 12.6. The quantitative estimate of drug-likeness (QED) is 0.906. The minimum Gasteiger partial charge on any atom is -0.397 e. The monoisotopic (exact) mass is 278 g/mol. The van der Waals surface area contributed by atoms with E-state index in [1.807, 2.05) is 0 Å². The zero-order valence-electron chi connectivity index (χ0n) is 10.6. The number of nitrogens with two attached hydrogens (primary N) is 1. The maximum absolute atomic E-state index is 13.2. The average Bonchev–Trinajstić information content (AvgIpc) is 3.03. The van der Waals surface area contributed by atoms with Crippen molar-refractivity contribution in [2.24, 2.45) is 5.41 Å². The predicted molar refractivity (Wildman–Crippen MR) is 75.9 cm³/mol. The highest BCUT2D eigenvalue weighted by atomic mass is 32.1. The first kappa shape index (κ1) is 12.4. The van der Waals surface area contributed by atoms with E-state index in [4.69, 9.17) is 5.73 Å². The molecular weight excluding hydrogens is 263 g/mol. The van der Waals surface area contributed by atoms with Crippen LogP contribution in [0.1, 0.15) is 29.4 Å². The van der Waals surface area contributed by atoms with E-state index >= 15 is 0 Å². The molecule has 3 nitrogen and oxygen atoms in total. The fraction of sp³-hybridized carbons (Fsp3) is 0.357. The van der Waals surface area contributed by atoms with Gasteiger partial charge in [0.1, 0.15) is 10.7 Å². The molecule has 3 rings (SSSR count). The number of benzene rings is 1. The van der Waals surface area contributed by atoms with Gasteiger partial charge in [-0.2, -0.15) is 0 Å². The molecule has 1 aliphatic rings. The number of rotatable bonds is 3. The number of carbonyl (C=O) groups excluding carboxylic acids is 1. The van der Waals surface area contributed by atoms with Crippen molar-refractivity contribution in [3.05, 3.63) is 28.9 Å². The Kier molecular flexibility index (Phi) is 2.74. The second-order valence-corrected chi connectivity index (χ2v) is 6.53. The first-order chi connectivity index (χ1) is 8.98. The molecule has 1 aromatic heterocycles. The van der Waals surface area contributed by atoms with Crippen LogP contribution in [0.25, 0.3) is 10.1 Å². The van der Waals surface area contributed by atoms with E-state index < -0.39 is 0 Å². The van der Waals surface area contributed by atoms with E-state index in [0.29, 0.717) is 22.5 Å². The number of carbonyl (C=O) groups is 1. The van der Waals surface area contributed by atoms with Crippen molar-refractivity contribution in [2.75, 3.05) is 12.3 Å². The number of fused-ring (bicyclic) bond motifs is 1. The second-order valence-electron chi connectivity index (χ2n) is 5.48. The van der Waals surface area contributed by atoms with Gasteiger partial charge in [-0.25, -0.2) is 4.39 Å². The van der Waals surface area contributed by atoms with Crippen LogP contribution in [0.15, 0.2) is 18.2 Å². The molecule has 19 heavy (non-hydrogen) atoms. The van der Waals surface area contributed by atoms with E-state index in [9.17, 15) is 9.18 Å². The van der Waals surface area contributed by atoms with Crippen molar-refractivity contribution in [3.63, 3.8) is 0 Å². The lowest BCUT2D eigenvalue weighted by molar-refractivity contribution is 0.0951. The number of hydrogen-bond donors (Lipinski definition) is 2. The Morgan fingerprint density at radius 1 is 1.53 bits per heavy atom. The molecule has 100 valence electrons. The van der Waals surface area contributed by atoms with Gasteiger partial charge in [-0.3, -0.25) is 4.79 Å². The highest BCUT2D eigenvalue weighted by Crippen LogP contribution is 2.44. The van der Waals surface area contributed by atoms with Gasteiger partial charge in [-0.15, -0.1) is 11.3 Å². The molecule has 0 unspecified atom stereocenters. The molecule has 1 aliphatic carbocycles. The first-order valence-electron chi connectivity index (χ1n) is 6.24. The lowest BCUT2D eigenvalue weighted by atomic mass is 10.1. The summed E-state index contributed by atoms with van der Waals surface area (Å²) in [5, 5.41) is 3.53. The lowest BCUT2D eigenvalue weighted by Crippen LogP contribution is -2.28. The van der Waals surface area contributed by atoms with E-state index in [1.165, 1.54) is 23.5 Å². The molecule has 1 fully saturated rings. The molecule has 0 atom stereocenters. The standard InChI is InChI=1S/C14H15FN2OS/c1-14(4-5-14)7-17-13(18)12-11(16)9-6-8(15)2-3-10(9)19-12/h2-3,6H,4-5,7,16H2,1H3,(H,17,18). The van der Waals surface area contributed by atoms with Crippen LogP contribution in [0.3, 0.4) is 0 Å². The van der Waals surface area contributed by atoms with Crippen molar-refractivity contribution in [1.82, 2.24) is 5.32 Å². The molecule has 3 N–H and O–H groups in total. The smallest absolute Gasteiger partial charge is 0.263 e. The lowest BCUT2D eigenvalue weighted by Gasteiger charge is -2.09. The van der Waals surface area contributed by atoms with E-state index in [-0.39, 0.29) is 17.1 Å². The molecular formula is C14H15FN2OS.